The number of pyridine rings is 1. The van der Waals surface area contributed by atoms with Crippen molar-refractivity contribution >= 4 is 11.5 Å². The third-order valence-electron chi connectivity index (χ3n) is 3.01. The van der Waals surface area contributed by atoms with E-state index in [1.807, 2.05) is 41.0 Å². The van der Waals surface area contributed by atoms with Crippen LogP contribution in [0.3, 0.4) is 0 Å². The zero-order valence-electron chi connectivity index (χ0n) is 9.41. The summed E-state index contributed by atoms with van der Waals surface area (Å²) in [5.74, 6) is 1.63. The van der Waals surface area contributed by atoms with E-state index in [0.29, 0.717) is 0 Å². The average molecular weight is 235 g/mol. The first-order chi connectivity index (χ1) is 8.93. The second-order valence-corrected chi connectivity index (χ2v) is 4.07. The predicted octanol–water partition coefficient (Wildman–Crippen LogP) is 2.39. The van der Waals surface area contributed by atoms with Gasteiger partial charge in [0, 0.05) is 11.8 Å². The van der Waals surface area contributed by atoms with Crippen LogP contribution < -0.4 is 5.32 Å². The van der Waals surface area contributed by atoms with Crippen LogP contribution in [0, 0.1) is 0 Å². The molecule has 3 aromatic rings. The van der Waals surface area contributed by atoms with E-state index in [-0.39, 0.29) is 0 Å². The highest BCUT2D eigenvalue weighted by atomic mass is 15.3. The largest absolute Gasteiger partial charge is 0.338 e. The molecule has 0 unspecified atom stereocenters. The molecule has 0 aliphatic carbocycles. The zero-order chi connectivity index (χ0) is 11.9. The summed E-state index contributed by atoms with van der Waals surface area (Å²) in [6, 6.07) is 11.9. The molecule has 0 fully saturated rings. The summed E-state index contributed by atoms with van der Waals surface area (Å²) in [4.78, 5) is 4.37. The Morgan fingerprint density at radius 3 is 3.00 bits per heavy atom. The number of nitrogens with one attached hydrogen (secondary N) is 1. The quantitative estimate of drug-likeness (QED) is 0.508. The van der Waals surface area contributed by atoms with Crippen molar-refractivity contribution in [3.05, 3.63) is 48.9 Å². The Bertz CT molecular complexity index is 672. The van der Waals surface area contributed by atoms with Crippen molar-refractivity contribution in [1.29, 1.82) is 0 Å². The predicted molar refractivity (Wildman–Crippen MR) is 67.9 cm³/mol. The molecule has 5 nitrogen and oxygen atoms in total. The third-order valence-corrected chi connectivity index (χ3v) is 3.01. The van der Waals surface area contributed by atoms with Gasteiger partial charge < -0.3 is 5.32 Å². The van der Waals surface area contributed by atoms with Gasteiger partial charge in [0.15, 0.2) is 11.6 Å². The van der Waals surface area contributed by atoms with Crippen molar-refractivity contribution in [3.63, 3.8) is 0 Å². The van der Waals surface area contributed by atoms with E-state index in [0.717, 1.165) is 28.6 Å². The number of hydrogen-bond donors (Lipinski definition) is 1. The smallest absolute Gasteiger partial charge is 0.170 e. The molecule has 5 heteroatoms. The van der Waals surface area contributed by atoms with Gasteiger partial charge in [-0.05, 0) is 24.3 Å². The van der Waals surface area contributed by atoms with Crippen LogP contribution in [-0.4, -0.2) is 19.7 Å². The number of para-hydroxylation sites is 1. The highest BCUT2D eigenvalue weighted by Gasteiger charge is 2.19. The maximum absolute atomic E-state index is 4.37. The summed E-state index contributed by atoms with van der Waals surface area (Å²) >= 11 is 0. The lowest BCUT2D eigenvalue weighted by Crippen LogP contribution is -1.98. The summed E-state index contributed by atoms with van der Waals surface area (Å²) in [5, 5.41) is 11.5. The van der Waals surface area contributed by atoms with Gasteiger partial charge in [0.2, 0.25) is 0 Å². The average Bonchev–Trinajstić information content (AvgIpc) is 2.84. The van der Waals surface area contributed by atoms with Gasteiger partial charge in [0.25, 0.3) is 0 Å². The number of hydrogen-bond acceptors (Lipinski definition) is 4. The Hall–Kier alpha value is -2.69. The van der Waals surface area contributed by atoms with E-state index in [1.165, 1.54) is 0 Å². The number of anilines is 2. The van der Waals surface area contributed by atoms with E-state index >= 15 is 0 Å². The van der Waals surface area contributed by atoms with Gasteiger partial charge in [-0.1, -0.05) is 12.1 Å². The Morgan fingerprint density at radius 1 is 1.06 bits per heavy atom. The molecule has 3 heterocycles. The molecule has 2 aromatic heterocycles. The molecule has 0 atom stereocenters. The standard InChI is InChI=1S/C13H9N5/c1-2-5-10-9(4-1)13-17-15-8-18(13)11-6-3-7-14-12(11)16-10/h1-8H,(H,14,16). The molecule has 0 amide bonds. The normalized spacial score (nSPS) is 11.8. The number of nitrogens with zero attached hydrogens (tertiary/aromatic N) is 4. The van der Waals surface area contributed by atoms with Gasteiger partial charge >= 0.3 is 0 Å². The minimum Gasteiger partial charge on any atom is -0.338 e. The van der Waals surface area contributed by atoms with Crippen molar-refractivity contribution in [2.24, 2.45) is 0 Å². The molecule has 0 radical (unpaired) electrons. The lowest BCUT2D eigenvalue weighted by Gasteiger charge is -2.07. The minimum absolute atomic E-state index is 0.809. The molecule has 1 N–H and O–H groups in total. The number of fused-ring (bicyclic) bond motifs is 5. The highest BCUT2D eigenvalue weighted by molar-refractivity contribution is 5.82. The first-order valence-electron chi connectivity index (χ1n) is 5.65. The summed E-state index contributed by atoms with van der Waals surface area (Å²) in [5.41, 5.74) is 2.96. The van der Waals surface area contributed by atoms with Crippen molar-refractivity contribution < 1.29 is 0 Å². The topological polar surface area (TPSA) is 55.6 Å². The van der Waals surface area contributed by atoms with Crippen LogP contribution in [-0.2, 0) is 0 Å². The van der Waals surface area contributed by atoms with Crippen LogP contribution in [0.15, 0.2) is 48.9 Å². The molecular formula is C13H9N5. The van der Waals surface area contributed by atoms with Crippen molar-refractivity contribution in [2.75, 3.05) is 5.32 Å². The summed E-state index contributed by atoms with van der Waals surface area (Å²) in [6.45, 7) is 0. The fourth-order valence-corrected chi connectivity index (χ4v) is 2.20. The molecule has 18 heavy (non-hydrogen) atoms. The molecule has 86 valence electrons. The third kappa shape index (κ3) is 1.18. The number of rotatable bonds is 0. The molecule has 1 aliphatic rings. The van der Waals surface area contributed by atoms with Crippen LogP contribution >= 0.6 is 0 Å². The first-order valence-corrected chi connectivity index (χ1v) is 5.65. The molecule has 0 saturated heterocycles. The number of benzene rings is 1. The van der Waals surface area contributed by atoms with Gasteiger partial charge in [-0.3, -0.25) is 4.57 Å². The fraction of sp³-hybridized carbons (Fsp3) is 0. The van der Waals surface area contributed by atoms with Gasteiger partial charge in [-0.25, -0.2) is 4.98 Å². The van der Waals surface area contributed by atoms with Gasteiger partial charge in [-0.15, -0.1) is 10.2 Å². The van der Waals surface area contributed by atoms with E-state index < -0.39 is 0 Å². The van der Waals surface area contributed by atoms with Gasteiger partial charge in [0.1, 0.15) is 6.33 Å². The van der Waals surface area contributed by atoms with Crippen molar-refractivity contribution in [1.82, 2.24) is 19.7 Å². The molecule has 1 aromatic carbocycles. The Kier molecular flexibility index (Phi) is 1.77. The SMILES string of the molecule is c1ccc2c(c1)Nc1ncccc1-n1cnnc1-2. The fourth-order valence-electron chi connectivity index (χ4n) is 2.20. The second-order valence-electron chi connectivity index (χ2n) is 4.07. The van der Waals surface area contributed by atoms with Crippen molar-refractivity contribution in [3.8, 4) is 17.1 Å². The molecule has 1 aliphatic heterocycles. The van der Waals surface area contributed by atoms with E-state index in [2.05, 4.69) is 20.5 Å². The monoisotopic (exact) mass is 235 g/mol. The molecule has 0 saturated carbocycles. The number of aromatic nitrogens is 4. The van der Waals surface area contributed by atoms with Gasteiger partial charge in [0.05, 0.1) is 11.4 Å². The molecular weight excluding hydrogens is 226 g/mol. The maximum atomic E-state index is 4.37. The first kappa shape index (κ1) is 9.35. The summed E-state index contributed by atoms with van der Waals surface area (Å²) in [7, 11) is 0. The van der Waals surface area contributed by atoms with E-state index in [4.69, 9.17) is 0 Å². The lowest BCUT2D eigenvalue weighted by molar-refractivity contribution is 1.06. The van der Waals surface area contributed by atoms with Crippen LogP contribution in [0.25, 0.3) is 17.1 Å². The zero-order valence-corrected chi connectivity index (χ0v) is 9.41. The van der Waals surface area contributed by atoms with Crippen molar-refractivity contribution in [2.45, 2.75) is 0 Å². The van der Waals surface area contributed by atoms with Crippen LogP contribution in [0.5, 0.6) is 0 Å². The Labute approximate surface area is 103 Å². The Balaban J connectivity index is 2.12. The van der Waals surface area contributed by atoms with E-state index in [9.17, 15) is 0 Å². The lowest BCUT2D eigenvalue weighted by atomic mass is 10.1. The highest BCUT2D eigenvalue weighted by Crippen LogP contribution is 2.35. The van der Waals surface area contributed by atoms with Crippen LogP contribution in [0.1, 0.15) is 0 Å². The summed E-state index contributed by atoms with van der Waals surface area (Å²) in [6.07, 6.45) is 3.48. The molecule has 4 rings (SSSR count). The minimum atomic E-state index is 0.809. The molecule has 0 spiro atoms. The van der Waals surface area contributed by atoms with Gasteiger partial charge in [-0.2, -0.15) is 0 Å². The maximum Gasteiger partial charge on any atom is 0.170 e. The molecule has 0 bridgehead atoms. The van der Waals surface area contributed by atoms with Crippen LogP contribution in [0.4, 0.5) is 11.5 Å². The van der Waals surface area contributed by atoms with E-state index in [1.54, 1.807) is 12.5 Å². The second kappa shape index (κ2) is 3.40. The summed E-state index contributed by atoms with van der Waals surface area (Å²) < 4.78 is 1.95. The van der Waals surface area contributed by atoms with Crippen LogP contribution in [0.2, 0.25) is 0 Å². The Morgan fingerprint density at radius 2 is 2.00 bits per heavy atom.